The Morgan fingerprint density at radius 3 is 2.54 bits per heavy atom. The quantitative estimate of drug-likeness (QED) is 0.158. The summed E-state index contributed by atoms with van der Waals surface area (Å²) in [5.74, 6) is 1.63. The van der Waals surface area contributed by atoms with Crippen molar-refractivity contribution in [3.05, 3.63) is 93.9 Å². The lowest BCUT2D eigenvalue weighted by Gasteiger charge is -2.43. The average molecular weight is 801 g/mol. The number of anilines is 1. The molecular formula is C46H46F2N6O5. The van der Waals surface area contributed by atoms with Crippen LogP contribution in [0.25, 0.3) is 44.3 Å². The van der Waals surface area contributed by atoms with Gasteiger partial charge in [-0.15, -0.1) is 6.42 Å². The molecule has 0 bridgehead atoms. The number of phenolic OH excluding ortho intramolecular Hbond substituents is 1. The number of pyridine rings is 1. The molecule has 3 aromatic carbocycles. The van der Waals surface area contributed by atoms with Crippen molar-refractivity contribution in [2.45, 2.75) is 76.9 Å². The molecule has 4 aliphatic heterocycles. The smallest absolute Gasteiger partial charge is 0.508 e. The van der Waals surface area contributed by atoms with Crippen LogP contribution in [-0.2, 0) is 13.0 Å². The van der Waals surface area contributed by atoms with Gasteiger partial charge in [-0.1, -0.05) is 56.2 Å². The lowest BCUT2D eigenvalue weighted by molar-refractivity contribution is 0.107. The van der Waals surface area contributed by atoms with Gasteiger partial charge in [-0.05, 0) is 81.6 Å². The van der Waals surface area contributed by atoms with Gasteiger partial charge in [0.25, 0.3) is 0 Å². The van der Waals surface area contributed by atoms with Gasteiger partial charge in [-0.25, -0.2) is 18.6 Å². The monoisotopic (exact) mass is 800 g/mol. The fraction of sp³-hybridized carbons (Fsp3) is 0.391. The van der Waals surface area contributed by atoms with Gasteiger partial charge in [0, 0.05) is 42.2 Å². The van der Waals surface area contributed by atoms with E-state index < -0.39 is 17.5 Å². The molecule has 59 heavy (non-hydrogen) atoms. The zero-order chi connectivity index (χ0) is 40.8. The van der Waals surface area contributed by atoms with Crippen LogP contribution >= 0.6 is 0 Å². The summed E-state index contributed by atoms with van der Waals surface area (Å²) in [6.07, 6.45) is 12.0. The van der Waals surface area contributed by atoms with Crippen LogP contribution in [0.4, 0.5) is 14.6 Å². The largest absolute Gasteiger partial charge is 0.519 e. The van der Waals surface area contributed by atoms with Crippen molar-refractivity contribution in [3.8, 4) is 46.7 Å². The molecule has 3 saturated heterocycles. The summed E-state index contributed by atoms with van der Waals surface area (Å²) >= 11 is 0. The van der Waals surface area contributed by atoms with Crippen molar-refractivity contribution in [1.29, 1.82) is 0 Å². The Morgan fingerprint density at radius 1 is 0.966 bits per heavy atom. The Balaban J connectivity index is 0.00000221. The van der Waals surface area contributed by atoms with Crippen LogP contribution in [-0.4, -0.2) is 80.8 Å². The van der Waals surface area contributed by atoms with Gasteiger partial charge in [0.05, 0.1) is 28.7 Å². The van der Waals surface area contributed by atoms with Gasteiger partial charge in [-0.2, -0.15) is 9.97 Å². The van der Waals surface area contributed by atoms with Crippen molar-refractivity contribution >= 4 is 27.5 Å². The molecule has 7 heterocycles. The molecule has 0 aliphatic carbocycles. The lowest BCUT2D eigenvalue weighted by Crippen LogP contribution is -2.53. The third-order valence-corrected chi connectivity index (χ3v) is 12.4. The number of hydrogen-bond acceptors (Lipinski definition) is 11. The van der Waals surface area contributed by atoms with E-state index in [1.165, 1.54) is 24.3 Å². The molecule has 0 spiro atoms. The molecule has 304 valence electrons. The highest BCUT2D eigenvalue weighted by Gasteiger charge is 2.45. The van der Waals surface area contributed by atoms with Crippen molar-refractivity contribution in [2.75, 3.05) is 44.2 Å². The minimum Gasteiger partial charge on any atom is -0.508 e. The molecule has 4 aliphatic rings. The first-order chi connectivity index (χ1) is 28.8. The van der Waals surface area contributed by atoms with E-state index in [0.717, 1.165) is 57.2 Å². The van der Waals surface area contributed by atoms with Gasteiger partial charge in [0.1, 0.15) is 35.2 Å². The summed E-state index contributed by atoms with van der Waals surface area (Å²) in [7, 11) is 0. The van der Waals surface area contributed by atoms with E-state index in [4.69, 9.17) is 34.9 Å². The second kappa shape index (κ2) is 15.7. The van der Waals surface area contributed by atoms with Gasteiger partial charge in [0.2, 0.25) is 0 Å². The minimum absolute atomic E-state index is 0.0192. The normalized spacial score (nSPS) is 18.8. The lowest BCUT2D eigenvalue weighted by atomic mass is 9.94. The Labute approximate surface area is 340 Å². The van der Waals surface area contributed by atoms with Crippen LogP contribution in [0, 0.1) is 24.0 Å². The standard InChI is InChI=1S/C44H40F2N6O5.C2H6/c1-2-30-32(45)14-13-27-21-29(53)22-31(35(27)30)38-37(46)39-36-33(47-38)12-6-11-28-23-50(24-34-40(57-43(54)56-34)26-9-4-3-5-10-26)19-20-52(28)41(36)49-42(48-39)55-25-44-15-7-17-51(44)18-8-16-44;1-2/h1,3-5,9-10,13-14,21-22,28,53H,6-8,11-12,15-20,23-25H2;1-2H3. The molecule has 0 radical (unpaired) electrons. The highest BCUT2D eigenvalue weighted by Crippen LogP contribution is 2.43. The van der Waals surface area contributed by atoms with E-state index in [2.05, 4.69) is 20.6 Å². The van der Waals surface area contributed by atoms with E-state index in [9.17, 15) is 9.90 Å². The summed E-state index contributed by atoms with van der Waals surface area (Å²) < 4.78 is 50.1. The number of benzene rings is 3. The summed E-state index contributed by atoms with van der Waals surface area (Å²) in [5, 5.41) is 12.0. The fourth-order valence-electron chi connectivity index (χ4n) is 9.77. The Morgan fingerprint density at radius 2 is 1.76 bits per heavy atom. The molecular weight excluding hydrogens is 755 g/mol. The maximum Gasteiger partial charge on any atom is 0.519 e. The maximum absolute atomic E-state index is 17.4. The highest BCUT2D eigenvalue weighted by molar-refractivity contribution is 6.03. The second-order valence-corrected chi connectivity index (χ2v) is 15.7. The SMILES string of the molecule is C#Cc1c(F)ccc2cc(O)cc(-c3nc4c5c(nc(OCC67CCCN6CCC7)nc5c3F)N3CCN(Cc5oc(=O)oc5-c5ccccc5)CC3CCC4)c12.CC. The number of ether oxygens (including phenoxy) is 1. The molecule has 1 atom stereocenters. The van der Waals surface area contributed by atoms with E-state index in [0.29, 0.717) is 73.0 Å². The summed E-state index contributed by atoms with van der Waals surface area (Å²) in [6.45, 7) is 8.59. The number of rotatable bonds is 7. The predicted octanol–water partition coefficient (Wildman–Crippen LogP) is 8.08. The average Bonchev–Trinajstić information content (AvgIpc) is 3.95. The molecule has 0 saturated carbocycles. The third kappa shape index (κ3) is 6.88. The number of hydrogen-bond donors (Lipinski definition) is 1. The van der Waals surface area contributed by atoms with E-state index in [1.54, 1.807) is 0 Å². The number of terminal acetylenes is 1. The van der Waals surface area contributed by atoms with E-state index >= 15 is 8.78 Å². The van der Waals surface area contributed by atoms with Gasteiger partial charge in [-0.3, -0.25) is 9.80 Å². The van der Waals surface area contributed by atoms with E-state index in [-0.39, 0.29) is 51.1 Å². The zero-order valence-corrected chi connectivity index (χ0v) is 33.3. The van der Waals surface area contributed by atoms with Crippen LogP contribution in [0.15, 0.2) is 68.2 Å². The van der Waals surface area contributed by atoms with Crippen molar-refractivity contribution in [2.24, 2.45) is 0 Å². The number of aromatic hydroxyl groups is 1. The summed E-state index contributed by atoms with van der Waals surface area (Å²) in [6, 6.07) is 15.1. The summed E-state index contributed by atoms with van der Waals surface area (Å²) in [5.41, 5.74) is 1.38. The molecule has 10 rings (SSSR count). The van der Waals surface area contributed by atoms with E-state index in [1.807, 2.05) is 44.2 Å². The molecule has 13 heteroatoms. The number of aromatic nitrogens is 3. The molecule has 1 unspecified atom stereocenters. The summed E-state index contributed by atoms with van der Waals surface area (Å²) in [4.78, 5) is 34.0. The molecule has 3 aromatic heterocycles. The van der Waals surface area contributed by atoms with Crippen LogP contribution in [0.5, 0.6) is 11.8 Å². The van der Waals surface area contributed by atoms with Gasteiger partial charge in [0.15, 0.2) is 17.3 Å². The van der Waals surface area contributed by atoms with Crippen molar-refractivity contribution < 1.29 is 27.5 Å². The van der Waals surface area contributed by atoms with Crippen LogP contribution in [0.3, 0.4) is 0 Å². The number of halogens is 2. The molecule has 1 N–H and O–H groups in total. The van der Waals surface area contributed by atoms with Gasteiger partial charge < -0.3 is 23.6 Å². The molecule has 6 aromatic rings. The first kappa shape index (κ1) is 38.7. The molecule has 0 amide bonds. The van der Waals surface area contributed by atoms with Crippen LogP contribution in [0.1, 0.15) is 69.4 Å². The topological polar surface area (TPSA) is 121 Å². The zero-order valence-electron chi connectivity index (χ0n) is 33.3. The number of phenols is 1. The molecule has 3 fully saturated rings. The molecule has 11 nitrogen and oxygen atoms in total. The fourth-order valence-corrected chi connectivity index (χ4v) is 9.77. The van der Waals surface area contributed by atoms with Crippen LogP contribution < -0.4 is 15.5 Å². The van der Waals surface area contributed by atoms with Crippen molar-refractivity contribution in [3.63, 3.8) is 0 Å². The maximum atomic E-state index is 17.4. The minimum atomic E-state index is -0.743. The third-order valence-electron chi connectivity index (χ3n) is 12.4. The first-order valence-corrected chi connectivity index (χ1v) is 20.7. The predicted molar refractivity (Wildman–Crippen MR) is 221 cm³/mol. The van der Waals surface area contributed by atoms with Crippen LogP contribution in [0.2, 0.25) is 0 Å². The number of piperazine rings is 1. The highest BCUT2D eigenvalue weighted by atomic mass is 19.1. The Bertz CT molecular complexity index is 2650. The first-order valence-electron chi connectivity index (χ1n) is 20.7. The Hall–Kier alpha value is -5.84. The number of fused-ring (bicyclic) bond motifs is 4. The van der Waals surface area contributed by atoms with Crippen molar-refractivity contribution in [1.82, 2.24) is 24.8 Å². The second-order valence-electron chi connectivity index (χ2n) is 15.7. The van der Waals surface area contributed by atoms with Gasteiger partial charge >= 0.3 is 11.8 Å². The number of aryl methyl sites for hydroxylation is 1. The Kier molecular flexibility index (Phi) is 10.3. The number of nitrogens with zero attached hydrogens (tertiary/aromatic N) is 6.